The number of hydrogen-bond acceptors (Lipinski definition) is 3. The lowest BCUT2D eigenvalue weighted by Crippen LogP contribution is -2.31. The third-order valence-electron chi connectivity index (χ3n) is 5.25. The molecule has 1 aliphatic heterocycles. The summed E-state index contributed by atoms with van der Waals surface area (Å²) < 4.78 is 1.06. The molecule has 6 heteroatoms. The van der Waals surface area contributed by atoms with Gasteiger partial charge in [-0.05, 0) is 53.8 Å². The SMILES string of the molecule is O=C(O)CNC(=O)c1ccc2c(c1)C1C=CCC1C(c1ccc(Br)cc1)N2. The molecule has 0 bridgehead atoms. The van der Waals surface area contributed by atoms with Crippen LogP contribution in [-0.4, -0.2) is 23.5 Å². The number of carboxylic acids is 1. The molecule has 27 heavy (non-hydrogen) atoms. The first-order chi connectivity index (χ1) is 13.0. The highest BCUT2D eigenvalue weighted by molar-refractivity contribution is 9.10. The van der Waals surface area contributed by atoms with Crippen LogP contribution < -0.4 is 10.6 Å². The Bertz CT molecular complexity index is 924. The van der Waals surface area contributed by atoms with Gasteiger partial charge in [0.05, 0.1) is 6.04 Å². The number of carbonyl (C=O) groups is 2. The summed E-state index contributed by atoms with van der Waals surface area (Å²) in [7, 11) is 0. The second kappa shape index (κ2) is 7.19. The highest BCUT2D eigenvalue weighted by Crippen LogP contribution is 2.49. The molecule has 0 fully saturated rings. The van der Waals surface area contributed by atoms with E-state index < -0.39 is 5.97 Å². The van der Waals surface area contributed by atoms with Gasteiger partial charge in [0.2, 0.25) is 0 Å². The summed E-state index contributed by atoms with van der Waals surface area (Å²) in [6.45, 7) is -0.383. The van der Waals surface area contributed by atoms with E-state index in [1.807, 2.05) is 12.1 Å². The molecule has 2 aromatic rings. The monoisotopic (exact) mass is 426 g/mol. The van der Waals surface area contributed by atoms with Gasteiger partial charge in [0.25, 0.3) is 5.91 Å². The summed E-state index contributed by atoms with van der Waals surface area (Å²) in [5.41, 5.74) is 3.83. The molecule has 0 aromatic heterocycles. The molecule has 3 atom stereocenters. The van der Waals surface area contributed by atoms with E-state index in [1.165, 1.54) is 5.56 Å². The largest absolute Gasteiger partial charge is 0.480 e. The Balaban J connectivity index is 1.64. The summed E-state index contributed by atoms with van der Waals surface area (Å²) in [6, 6.07) is 14.1. The quantitative estimate of drug-likeness (QED) is 0.643. The fraction of sp³-hybridized carbons (Fsp3) is 0.238. The number of amides is 1. The average Bonchev–Trinajstić information content (AvgIpc) is 3.16. The second-order valence-electron chi connectivity index (χ2n) is 6.91. The van der Waals surface area contributed by atoms with Gasteiger partial charge in [0.1, 0.15) is 6.54 Å². The zero-order chi connectivity index (χ0) is 19.0. The first-order valence-corrected chi connectivity index (χ1v) is 9.65. The van der Waals surface area contributed by atoms with Crippen LogP contribution in [0.3, 0.4) is 0 Å². The van der Waals surface area contributed by atoms with Crippen molar-refractivity contribution in [2.24, 2.45) is 5.92 Å². The summed E-state index contributed by atoms with van der Waals surface area (Å²) in [6.07, 6.45) is 5.40. The lowest BCUT2D eigenvalue weighted by Gasteiger charge is -2.37. The number of nitrogens with one attached hydrogen (secondary N) is 2. The molecule has 2 aliphatic rings. The van der Waals surface area contributed by atoms with Gasteiger partial charge < -0.3 is 15.7 Å². The highest BCUT2D eigenvalue weighted by atomic mass is 79.9. The normalized spacial score (nSPS) is 22.5. The number of rotatable bonds is 4. The molecule has 0 saturated carbocycles. The van der Waals surface area contributed by atoms with Gasteiger partial charge in [-0.1, -0.05) is 40.2 Å². The molecule has 4 rings (SSSR count). The first-order valence-electron chi connectivity index (χ1n) is 8.85. The van der Waals surface area contributed by atoms with Crippen LogP contribution in [-0.2, 0) is 4.79 Å². The smallest absolute Gasteiger partial charge is 0.322 e. The van der Waals surface area contributed by atoms with Crippen molar-refractivity contribution < 1.29 is 14.7 Å². The van der Waals surface area contributed by atoms with Gasteiger partial charge in [-0.15, -0.1) is 0 Å². The van der Waals surface area contributed by atoms with Crippen molar-refractivity contribution >= 4 is 33.5 Å². The van der Waals surface area contributed by atoms with Gasteiger partial charge in [-0.2, -0.15) is 0 Å². The molecule has 5 nitrogen and oxygen atoms in total. The van der Waals surface area contributed by atoms with Crippen LogP contribution in [0.4, 0.5) is 5.69 Å². The fourth-order valence-electron chi connectivity index (χ4n) is 3.99. The van der Waals surface area contributed by atoms with Gasteiger partial charge in [0.15, 0.2) is 0 Å². The summed E-state index contributed by atoms with van der Waals surface area (Å²) >= 11 is 3.49. The number of carboxylic acid groups (broad SMARTS) is 1. The molecule has 0 spiro atoms. The standard InChI is InChI=1S/C21H19BrN2O3/c22-14-7-4-12(5-8-14)20-16-3-1-2-15(16)17-10-13(6-9-18(17)24-20)21(27)23-11-19(25)26/h1-2,4-10,15-16,20,24H,3,11H2,(H,23,27)(H,25,26). The Morgan fingerprint density at radius 1 is 1.19 bits per heavy atom. The Kier molecular flexibility index (Phi) is 4.74. The number of aliphatic carboxylic acids is 1. The van der Waals surface area contributed by atoms with Crippen molar-refractivity contribution in [3.63, 3.8) is 0 Å². The van der Waals surface area contributed by atoms with E-state index in [1.54, 1.807) is 6.07 Å². The van der Waals surface area contributed by atoms with Crippen molar-refractivity contribution in [2.45, 2.75) is 18.4 Å². The van der Waals surface area contributed by atoms with Crippen LogP contribution in [0.25, 0.3) is 0 Å². The number of anilines is 1. The van der Waals surface area contributed by atoms with Crippen LogP contribution in [0.2, 0.25) is 0 Å². The van der Waals surface area contributed by atoms with Gasteiger partial charge in [-0.3, -0.25) is 9.59 Å². The minimum atomic E-state index is -1.06. The molecule has 138 valence electrons. The second-order valence-corrected chi connectivity index (χ2v) is 7.82. The van der Waals surface area contributed by atoms with Crippen LogP contribution in [0.5, 0.6) is 0 Å². The predicted molar refractivity (Wildman–Crippen MR) is 107 cm³/mol. The molecule has 3 unspecified atom stereocenters. The Morgan fingerprint density at radius 2 is 1.96 bits per heavy atom. The minimum Gasteiger partial charge on any atom is -0.480 e. The molecular formula is C21H19BrN2O3. The molecular weight excluding hydrogens is 408 g/mol. The lowest BCUT2D eigenvalue weighted by atomic mass is 9.76. The maximum absolute atomic E-state index is 12.2. The number of hydrogen-bond donors (Lipinski definition) is 3. The molecule has 1 heterocycles. The highest BCUT2D eigenvalue weighted by Gasteiger charge is 2.38. The maximum Gasteiger partial charge on any atom is 0.322 e. The third kappa shape index (κ3) is 3.49. The predicted octanol–water partition coefficient (Wildman–Crippen LogP) is 4.09. The molecule has 0 saturated heterocycles. The van der Waals surface area contributed by atoms with E-state index >= 15 is 0 Å². The first kappa shape index (κ1) is 17.8. The van der Waals surface area contributed by atoms with Crippen LogP contribution in [0.1, 0.15) is 39.9 Å². The Labute approximate surface area is 165 Å². The van der Waals surface area contributed by atoms with E-state index in [0.29, 0.717) is 11.5 Å². The summed E-state index contributed by atoms with van der Waals surface area (Å²) in [4.78, 5) is 22.9. The number of carbonyl (C=O) groups excluding carboxylic acids is 1. The van der Waals surface area contributed by atoms with E-state index in [-0.39, 0.29) is 24.4 Å². The van der Waals surface area contributed by atoms with Crippen LogP contribution in [0.15, 0.2) is 59.1 Å². The molecule has 1 aliphatic carbocycles. The zero-order valence-electron chi connectivity index (χ0n) is 14.5. The summed E-state index contributed by atoms with van der Waals surface area (Å²) in [5.74, 6) is -0.800. The minimum absolute atomic E-state index is 0.206. The van der Waals surface area contributed by atoms with Crippen molar-refractivity contribution in [1.29, 1.82) is 0 Å². The van der Waals surface area contributed by atoms with Crippen molar-refractivity contribution in [2.75, 3.05) is 11.9 Å². The van der Waals surface area contributed by atoms with Crippen molar-refractivity contribution in [3.05, 3.63) is 75.8 Å². The van der Waals surface area contributed by atoms with Crippen molar-refractivity contribution in [3.8, 4) is 0 Å². The lowest BCUT2D eigenvalue weighted by molar-refractivity contribution is -0.135. The van der Waals surface area contributed by atoms with E-state index in [0.717, 1.165) is 22.1 Å². The van der Waals surface area contributed by atoms with Gasteiger partial charge in [0, 0.05) is 21.6 Å². The fourth-order valence-corrected chi connectivity index (χ4v) is 4.26. The molecule has 2 aromatic carbocycles. The average molecular weight is 427 g/mol. The van der Waals surface area contributed by atoms with Crippen molar-refractivity contribution in [1.82, 2.24) is 5.32 Å². The Morgan fingerprint density at radius 3 is 2.70 bits per heavy atom. The molecule has 1 amide bonds. The maximum atomic E-state index is 12.2. The van der Waals surface area contributed by atoms with Gasteiger partial charge in [-0.25, -0.2) is 0 Å². The van der Waals surface area contributed by atoms with E-state index in [2.05, 4.69) is 63.0 Å². The number of halogens is 1. The van der Waals surface area contributed by atoms with Crippen LogP contribution >= 0.6 is 15.9 Å². The third-order valence-corrected chi connectivity index (χ3v) is 5.78. The molecule has 0 radical (unpaired) electrons. The summed E-state index contributed by atoms with van der Waals surface area (Å²) in [5, 5.41) is 14.8. The van der Waals surface area contributed by atoms with E-state index in [9.17, 15) is 9.59 Å². The number of allylic oxidation sites excluding steroid dienone is 2. The van der Waals surface area contributed by atoms with Crippen LogP contribution in [0, 0.1) is 5.92 Å². The van der Waals surface area contributed by atoms with E-state index in [4.69, 9.17) is 5.11 Å². The topological polar surface area (TPSA) is 78.4 Å². The Hall–Kier alpha value is -2.60. The molecule has 3 N–H and O–H groups in total. The number of benzene rings is 2. The number of fused-ring (bicyclic) bond motifs is 3. The zero-order valence-corrected chi connectivity index (χ0v) is 16.1. The van der Waals surface area contributed by atoms with Gasteiger partial charge >= 0.3 is 5.97 Å².